The van der Waals surface area contributed by atoms with Crippen LogP contribution >= 0.6 is 11.6 Å². The zero-order valence-electron chi connectivity index (χ0n) is 14.6. The molecule has 26 heavy (non-hydrogen) atoms. The average molecular weight is 380 g/mol. The zero-order valence-corrected chi connectivity index (χ0v) is 15.4. The van der Waals surface area contributed by atoms with E-state index < -0.39 is 0 Å². The number of anilines is 1. The molecular formula is C17H22ClN5O3. The molecule has 1 aromatic heterocycles. The summed E-state index contributed by atoms with van der Waals surface area (Å²) in [5.74, 6) is 0.648. The number of piperazine rings is 1. The van der Waals surface area contributed by atoms with E-state index in [1.54, 1.807) is 4.90 Å². The number of halogens is 1. The Bertz CT molecular complexity index is 759. The maximum Gasteiger partial charge on any atom is 0.317 e. The summed E-state index contributed by atoms with van der Waals surface area (Å²) in [6.45, 7) is 5.01. The van der Waals surface area contributed by atoms with Crippen LogP contribution in [0, 0.1) is 6.92 Å². The summed E-state index contributed by atoms with van der Waals surface area (Å²) in [4.78, 5) is 20.3. The number of hydrogen-bond donors (Lipinski definition) is 2. The van der Waals surface area contributed by atoms with Crippen molar-refractivity contribution in [1.82, 2.24) is 20.4 Å². The van der Waals surface area contributed by atoms with Crippen molar-refractivity contribution in [3.8, 4) is 0 Å². The Morgan fingerprint density at radius 1 is 1.35 bits per heavy atom. The van der Waals surface area contributed by atoms with Crippen LogP contribution < -0.4 is 10.2 Å². The fourth-order valence-corrected chi connectivity index (χ4v) is 3.09. The minimum atomic E-state index is -0.282. The quantitative estimate of drug-likeness (QED) is 0.819. The molecule has 0 aliphatic carbocycles. The minimum absolute atomic E-state index is 0.0988. The first-order valence-corrected chi connectivity index (χ1v) is 8.91. The molecule has 2 amide bonds. The Kier molecular flexibility index (Phi) is 5.95. The molecule has 9 heteroatoms. The lowest BCUT2D eigenvalue weighted by Gasteiger charge is -2.36. The van der Waals surface area contributed by atoms with Gasteiger partial charge in [-0.2, -0.15) is 4.98 Å². The van der Waals surface area contributed by atoms with Gasteiger partial charge in [-0.3, -0.25) is 0 Å². The van der Waals surface area contributed by atoms with E-state index in [4.69, 9.17) is 21.2 Å². The minimum Gasteiger partial charge on any atom is -0.387 e. The molecule has 2 aromatic rings. The molecule has 0 unspecified atom stereocenters. The van der Waals surface area contributed by atoms with Gasteiger partial charge in [-0.15, -0.1) is 0 Å². The summed E-state index contributed by atoms with van der Waals surface area (Å²) < 4.78 is 4.81. The average Bonchev–Trinajstić information content (AvgIpc) is 3.12. The predicted molar refractivity (Wildman–Crippen MR) is 97.3 cm³/mol. The van der Waals surface area contributed by atoms with Crippen LogP contribution in [-0.4, -0.2) is 58.9 Å². The standard InChI is InChI=1S/C17H22ClN5O3/c1-12-2-3-13(18)10-14(12)22-6-8-23(9-7-22)17(25)19-5-4-15-20-16(11-24)26-21-15/h2-3,10,24H,4-9,11H2,1H3,(H,19,25). The van der Waals surface area contributed by atoms with Gasteiger partial charge in [0.1, 0.15) is 6.61 Å². The first kappa shape index (κ1) is 18.5. The van der Waals surface area contributed by atoms with E-state index in [-0.39, 0.29) is 18.5 Å². The second-order valence-electron chi connectivity index (χ2n) is 6.15. The van der Waals surface area contributed by atoms with Crippen molar-refractivity contribution in [2.24, 2.45) is 0 Å². The number of aryl methyl sites for hydroxylation is 1. The SMILES string of the molecule is Cc1ccc(Cl)cc1N1CCN(C(=O)NCCc2noc(CO)n2)CC1. The maximum atomic E-state index is 12.3. The number of aromatic nitrogens is 2. The van der Waals surface area contributed by atoms with Gasteiger partial charge in [-0.25, -0.2) is 4.79 Å². The second kappa shape index (κ2) is 8.37. The number of nitrogens with zero attached hydrogens (tertiary/aromatic N) is 4. The third kappa shape index (κ3) is 4.44. The summed E-state index contributed by atoms with van der Waals surface area (Å²) in [5, 5.41) is 16.2. The van der Waals surface area contributed by atoms with Crippen molar-refractivity contribution in [3.05, 3.63) is 40.5 Å². The van der Waals surface area contributed by atoms with E-state index in [2.05, 4.69) is 27.3 Å². The van der Waals surface area contributed by atoms with Gasteiger partial charge in [0.05, 0.1) is 0 Å². The summed E-state index contributed by atoms with van der Waals surface area (Å²) in [7, 11) is 0. The molecule has 2 N–H and O–H groups in total. The lowest BCUT2D eigenvalue weighted by Crippen LogP contribution is -2.52. The van der Waals surface area contributed by atoms with E-state index in [9.17, 15) is 4.79 Å². The van der Waals surface area contributed by atoms with Crippen LogP contribution in [0.4, 0.5) is 10.5 Å². The number of urea groups is 1. The number of carbonyl (C=O) groups excluding carboxylic acids is 1. The highest BCUT2D eigenvalue weighted by Crippen LogP contribution is 2.25. The summed E-state index contributed by atoms with van der Waals surface area (Å²) in [6, 6.07) is 5.77. The van der Waals surface area contributed by atoms with Crippen LogP contribution in [0.2, 0.25) is 5.02 Å². The highest BCUT2D eigenvalue weighted by atomic mass is 35.5. The smallest absolute Gasteiger partial charge is 0.317 e. The Balaban J connectivity index is 1.45. The van der Waals surface area contributed by atoms with Crippen LogP contribution in [0.5, 0.6) is 0 Å². The van der Waals surface area contributed by atoms with Crippen molar-refractivity contribution in [3.63, 3.8) is 0 Å². The van der Waals surface area contributed by atoms with Crippen molar-refractivity contribution in [2.45, 2.75) is 20.0 Å². The van der Waals surface area contributed by atoms with E-state index in [1.165, 1.54) is 5.56 Å². The monoisotopic (exact) mass is 379 g/mol. The van der Waals surface area contributed by atoms with Crippen molar-refractivity contribution in [2.75, 3.05) is 37.6 Å². The third-order valence-corrected chi connectivity index (χ3v) is 4.58. The van der Waals surface area contributed by atoms with Gasteiger partial charge in [0.15, 0.2) is 5.82 Å². The van der Waals surface area contributed by atoms with Crippen molar-refractivity contribution >= 4 is 23.3 Å². The molecule has 140 valence electrons. The molecule has 8 nitrogen and oxygen atoms in total. The first-order chi connectivity index (χ1) is 12.6. The molecule has 0 radical (unpaired) electrons. The maximum absolute atomic E-state index is 12.3. The molecule has 1 fully saturated rings. The number of benzene rings is 1. The van der Waals surface area contributed by atoms with Crippen LogP contribution in [0.1, 0.15) is 17.3 Å². The van der Waals surface area contributed by atoms with Crippen LogP contribution in [0.25, 0.3) is 0 Å². The molecule has 1 saturated heterocycles. The molecule has 3 rings (SSSR count). The predicted octanol–water partition coefficient (Wildman–Crippen LogP) is 1.60. The van der Waals surface area contributed by atoms with Crippen LogP contribution in [-0.2, 0) is 13.0 Å². The topological polar surface area (TPSA) is 94.7 Å². The van der Waals surface area contributed by atoms with E-state index >= 15 is 0 Å². The number of amides is 2. The van der Waals surface area contributed by atoms with Gasteiger partial charge in [0.2, 0.25) is 0 Å². The van der Waals surface area contributed by atoms with Gasteiger partial charge in [0.25, 0.3) is 5.89 Å². The molecule has 1 aromatic carbocycles. The van der Waals surface area contributed by atoms with E-state index in [1.807, 2.05) is 18.2 Å². The number of aliphatic hydroxyl groups excluding tert-OH is 1. The lowest BCUT2D eigenvalue weighted by molar-refractivity contribution is 0.194. The summed E-state index contributed by atoms with van der Waals surface area (Å²) in [5.41, 5.74) is 2.30. The van der Waals surface area contributed by atoms with E-state index in [0.29, 0.717) is 31.9 Å². The normalized spacial score (nSPS) is 14.6. The van der Waals surface area contributed by atoms with Gasteiger partial charge in [-0.1, -0.05) is 22.8 Å². The number of rotatable bonds is 5. The number of carbonyl (C=O) groups is 1. The highest BCUT2D eigenvalue weighted by Gasteiger charge is 2.22. The Morgan fingerprint density at radius 3 is 2.81 bits per heavy atom. The Hall–Kier alpha value is -2.32. The molecule has 0 atom stereocenters. The van der Waals surface area contributed by atoms with Crippen LogP contribution in [0.15, 0.2) is 22.7 Å². The fraction of sp³-hybridized carbons (Fsp3) is 0.471. The Morgan fingerprint density at radius 2 is 2.12 bits per heavy atom. The molecule has 1 aliphatic heterocycles. The van der Waals surface area contributed by atoms with Crippen LogP contribution in [0.3, 0.4) is 0 Å². The first-order valence-electron chi connectivity index (χ1n) is 8.53. The summed E-state index contributed by atoms with van der Waals surface area (Å²) in [6.07, 6.45) is 0.455. The van der Waals surface area contributed by atoms with Crippen molar-refractivity contribution < 1.29 is 14.4 Å². The fourth-order valence-electron chi connectivity index (χ4n) is 2.92. The third-order valence-electron chi connectivity index (χ3n) is 4.35. The zero-order chi connectivity index (χ0) is 18.5. The molecule has 1 aliphatic rings. The molecule has 0 bridgehead atoms. The largest absolute Gasteiger partial charge is 0.387 e. The number of aliphatic hydroxyl groups is 1. The molecule has 2 heterocycles. The van der Waals surface area contributed by atoms with Gasteiger partial charge in [0, 0.05) is 49.9 Å². The van der Waals surface area contributed by atoms with Crippen molar-refractivity contribution in [1.29, 1.82) is 0 Å². The van der Waals surface area contributed by atoms with Gasteiger partial charge in [-0.05, 0) is 24.6 Å². The summed E-state index contributed by atoms with van der Waals surface area (Å²) >= 11 is 6.10. The lowest BCUT2D eigenvalue weighted by atomic mass is 10.1. The molecule has 0 saturated carbocycles. The molecular weight excluding hydrogens is 358 g/mol. The number of hydrogen-bond acceptors (Lipinski definition) is 6. The number of nitrogens with one attached hydrogen (secondary N) is 1. The second-order valence-corrected chi connectivity index (χ2v) is 6.59. The molecule has 0 spiro atoms. The van der Waals surface area contributed by atoms with Gasteiger partial charge >= 0.3 is 6.03 Å². The highest BCUT2D eigenvalue weighted by molar-refractivity contribution is 6.30. The van der Waals surface area contributed by atoms with Gasteiger partial charge < -0.3 is 24.7 Å². The van der Waals surface area contributed by atoms with E-state index in [0.717, 1.165) is 23.8 Å². The Labute approximate surface area is 156 Å².